The number of unbranched alkanes of at least 4 members (excludes halogenated alkanes) is 44. The minimum absolute atomic E-state index is 0.00215. The summed E-state index contributed by atoms with van der Waals surface area (Å²) in [6.07, 6.45) is 80.8. The Labute approximate surface area is 486 Å². The van der Waals surface area contributed by atoms with Crippen molar-refractivity contribution in [2.24, 2.45) is 0 Å². The Morgan fingerprint density at radius 1 is 0.449 bits per heavy atom. The molecule has 0 aliphatic carbocycles. The zero-order chi connectivity index (χ0) is 57.0. The molecule has 0 aliphatic heterocycles. The van der Waals surface area contributed by atoms with E-state index in [2.05, 4.69) is 55.6 Å². The first-order valence-corrected chi connectivity index (χ1v) is 35.5. The number of rotatable bonds is 63. The van der Waals surface area contributed by atoms with Crippen molar-refractivity contribution in [2.45, 2.75) is 347 Å². The number of likely N-dealkylation sites (N-methyl/N-ethyl adjacent to an activating group) is 1. The zero-order valence-electron chi connectivity index (χ0n) is 52.6. The Kier molecular flexibility index (Phi) is 58.9. The van der Waals surface area contributed by atoms with Gasteiger partial charge in [-0.1, -0.05) is 319 Å². The van der Waals surface area contributed by atoms with Gasteiger partial charge < -0.3 is 28.8 Å². The fraction of sp³-hybridized carbons (Fsp3) is 0.870. The average Bonchev–Trinajstić information content (AvgIpc) is 3.41. The van der Waals surface area contributed by atoms with Crippen molar-refractivity contribution in [3.8, 4) is 0 Å². The number of hydrogen-bond acceptors (Lipinski definition) is 6. The van der Waals surface area contributed by atoms with Gasteiger partial charge in [-0.2, -0.15) is 0 Å². The molecule has 2 N–H and O–H groups in total. The topological polar surface area (TPSA) is 108 Å². The summed E-state index contributed by atoms with van der Waals surface area (Å²) in [5.74, 6) is -0.198. The predicted molar refractivity (Wildman–Crippen MR) is 339 cm³/mol. The normalized spacial score (nSPS) is 14.0. The summed E-state index contributed by atoms with van der Waals surface area (Å²) in [6, 6.07) is -0.892. The monoisotopic (exact) mass is 1120 g/mol. The zero-order valence-corrected chi connectivity index (χ0v) is 53.5. The maximum Gasteiger partial charge on any atom is 0.268 e. The van der Waals surface area contributed by atoms with Crippen LogP contribution in [0.4, 0.5) is 0 Å². The molecule has 0 aliphatic rings. The van der Waals surface area contributed by atoms with Gasteiger partial charge >= 0.3 is 0 Å². The van der Waals surface area contributed by atoms with Gasteiger partial charge in [-0.15, -0.1) is 0 Å². The van der Waals surface area contributed by atoms with E-state index < -0.39 is 20.0 Å². The van der Waals surface area contributed by atoms with Crippen LogP contribution in [-0.4, -0.2) is 68.5 Å². The molecular formula is C69H133N2O6P. The number of phosphoric ester groups is 1. The van der Waals surface area contributed by atoms with E-state index >= 15 is 0 Å². The van der Waals surface area contributed by atoms with Crippen LogP contribution >= 0.6 is 7.82 Å². The van der Waals surface area contributed by atoms with E-state index in [4.69, 9.17) is 9.05 Å². The van der Waals surface area contributed by atoms with Crippen LogP contribution in [0.15, 0.2) is 48.6 Å². The van der Waals surface area contributed by atoms with E-state index in [1.165, 1.54) is 263 Å². The molecule has 3 unspecified atom stereocenters. The van der Waals surface area contributed by atoms with Crippen LogP contribution in [0.3, 0.4) is 0 Å². The first-order valence-electron chi connectivity index (χ1n) is 34.0. The standard InChI is InChI=1S/C69H133N2O6P/c1-6-8-10-12-14-16-18-20-22-24-26-28-30-32-33-34-35-36-37-39-40-42-44-46-48-50-52-54-56-58-60-62-68(72)67(66-77-78(74,75)76-65-64-71(3,4)5)70-69(73)63-61-59-57-55-53-51-49-47-45-43-41-38-31-29-27-25-23-21-19-17-15-13-11-9-7-2/h19,21,25,27,31,38,60,62,67-68,72H,6-18,20,22-24,26,28-30,32-37,39-59,61,63-66H2,1-5H3,(H-,70,73,74,75)/b21-19-,27-25-,38-31-,62-60+. The Morgan fingerprint density at radius 2 is 0.744 bits per heavy atom. The number of nitrogens with zero attached hydrogens (tertiary/aromatic N) is 1. The Hall–Kier alpha value is -1.54. The molecule has 460 valence electrons. The second-order valence-electron chi connectivity index (χ2n) is 24.5. The van der Waals surface area contributed by atoms with E-state index in [1.54, 1.807) is 6.08 Å². The van der Waals surface area contributed by atoms with E-state index in [9.17, 15) is 19.4 Å². The molecule has 0 heterocycles. The van der Waals surface area contributed by atoms with E-state index in [0.29, 0.717) is 17.4 Å². The van der Waals surface area contributed by atoms with Crippen molar-refractivity contribution in [2.75, 3.05) is 40.9 Å². The first kappa shape index (κ1) is 76.5. The van der Waals surface area contributed by atoms with Gasteiger partial charge in [0.1, 0.15) is 13.2 Å². The molecule has 0 fully saturated rings. The Bertz CT molecular complexity index is 1410. The number of phosphoric acid groups is 1. The number of aliphatic hydroxyl groups is 1. The van der Waals surface area contributed by atoms with Crippen LogP contribution in [0.5, 0.6) is 0 Å². The van der Waals surface area contributed by atoms with Crippen molar-refractivity contribution in [3.05, 3.63) is 48.6 Å². The summed E-state index contributed by atoms with van der Waals surface area (Å²) in [7, 11) is 1.27. The van der Waals surface area contributed by atoms with Crippen LogP contribution in [0.25, 0.3) is 0 Å². The SMILES string of the molecule is CCCCCCC/C=C\C/C=C\C/C=C\CCCCCCCCCCCCC(=O)NC(COP(=O)([O-])OCC[N+](C)(C)C)C(O)/C=C/CCCCCCCCCCCCCCCCCCCCCCCCCCCCCCC. The third kappa shape index (κ3) is 62.1. The van der Waals surface area contributed by atoms with E-state index in [-0.39, 0.29) is 19.1 Å². The molecule has 3 atom stereocenters. The van der Waals surface area contributed by atoms with Gasteiger partial charge in [0.2, 0.25) is 5.91 Å². The summed E-state index contributed by atoms with van der Waals surface area (Å²) < 4.78 is 23.4. The fourth-order valence-electron chi connectivity index (χ4n) is 10.2. The van der Waals surface area contributed by atoms with E-state index in [1.807, 2.05) is 27.2 Å². The van der Waals surface area contributed by atoms with Gasteiger partial charge in [-0.25, -0.2) is 0 Å². The first-order chi connectivity index (χ1) is 38.0. The van der Waals surface area contributed by atoms with Crippen LogP contribution in [0, 0.1) is 0 Å². The van der Waals surface area contributed by atoms with Crippen molar-refractivity contribution in [1.29, 1.82) is 0 Å². The minimum atomic E-state index is -4.61. The number of allylic oxidation sites excluding steroid dienone is 7. The van der Waals surface area contributed by atoms with Crippen molar-refractivity contribution in [1.82, 2.24) is 5.32 Å². The lowest BCUT2D eigenvalue weighted by Crippen LogP contribution is -2.45. The lowest BCUT2D eigenvalue weighted by Gasteiger charge is -2.29. The Balaban J connectivity index is 4.09. The number of aliphatic hydroxyl groups excluding tert-OH is 1. The summed E-state index contributed by atoms with van der Waals surface area (Å²) in [6.45, 7) is 4.68. The number of amides is 1. The van der Waals surface area contributed by atoms with Crippen molar-refractivity contribution < 1.29 is 32.9 Å². The summed E-state index contributed by atoms with van der Waals surface area (Å²) >= 11 is 0. The Morgan fingerprint density at radius 3 is 1.08 bits per heavy atom. The molecule has 0 saturated carbocycles. The molecule has 0 saturated heterocycles. The summed E-state index contributed by atoms with van der Waals surface area (Å²) in [4.78, 5) is 25.6. The van der Waals surface area contributed by atoms with Gasteiger partial charge in [-0.3, -0.25) is 9.36 Å². The number of quaternary nitrogens is 1. The fourth-order valence-corrected chi connectivity index (χ4v) is 10.9. The highest BCUT2D eigenvalue weighted by molar-refractivity contribution is 7.45. The molecule has 9 heteroatoms. The van der Waals surface area contributed by atoms with Crippen LogP contribution in [-0.2, 0) is 18.4 Å². The van der Waals surface area contributed by atoms with Gasteiger partial charge in [0, 0.05) is 6.42 Å². The molecule has 0 spiro atoms. The molecule has 0 radical (unpaired) electrons. The molecular weight excluding hydrogens is 984 g/mol. The highest BCUT2D eigenvalue weighted by atomic mass is 31.2. The van der Waals surface area contributed by atoms with Crippen LogP contribution < -0.4 is 10.2 Å². The molecule has 0 bridgehead atoms. The van der Waals surface area contributed by atoms with Crippen molar-refractivity contribution in [3.63, 3.8) is 0 Å². The van der Waals surface area contributed by atoms with E-state index in [0.717, 1.165) is 51.4 Å². The van der Waals surface area contributed by atoms with Gasteiger partial charge in [0.15, 0.2) is 0 Å². The highest BCUT2D eigenvalue weighted by Crippen LogP contribution is 2.38. The van der Waals surface area contributed by atoms with Gasteiger partial charge in [0.25, 0.3) is 7.82 Å². The molecule has 78 heavy (non-hydrogen) atoms. The average molecular weight is 1120 g/mol. The molecule has 1 amide bonds. The molecule has 8 nitrogen and oxygen atoms in total. The molecule has 0 aromatic heterocycles. The second-order valence-corrected chi connectivity index (χ2v) is 25.9. The van der Waals surface area contributed by atoms with Crippen molar-refractivity contribution >= 4 is 13.7 Å². The van der Waals surface area contributed by atoms with Crippen LogP contribution in [0.2, 0.25) is 0 Å². The maximum atomic E-state index is 13.0. The van der Waals surface area contributed by atoms with Crippen LogP contribution in [0.1, 0.15) is 335 Å². The quantitative estimate of drug-likeness (QED) is 0.0272. The second kappa shape index (κ2) is 60.1. The smallest absolute Gasteiger partial charge is 0.268 e. The maximum absolute atomic E-state index is 13.0. The minimum Gasteiger partial charge on any atom is -0.756 e. The lowest BCUT2D eigenvalue weighted by atomic mass is 10.0. The number of carbonyl (C=O) groups is 1. The largest absolute Gasteiger partial charge is 0.756 e. The molecule has 0 aromatic rings. The summed E-state index contributed by atoms with van der Waals surface area (Å²) in [5, 5.41) is 14.0. The predicted octanol–water partition coefficient (Wildman–Crippen LogP) is 20.8. The highest BCUT2D eigenvalue weighted by Gasteiger charge is 2.23. The third-order valence-corrected chi connectivity index (χ3v) is 16.5. The third-order valence-electron chi connectivity index (χ3n) is 15.5. The van der Waals surface area contributed by atoms with Gasteiger partial charge in [-0.05, 0) is 57.8 Å². The number of nitrogens with one attached hydrogen (secondary N) is 1. The summed E-state index contributed by atoms with van der Waals surface area (Å²) in [5.41, 5.74) is 0. The number of hydrogen-bond donors (Lipinski definition) is 2. The molecule has 0 aromatic carbocycles. The van der Waals surface area contributed by atoms with Gasteiger partial charge in [0.05, 0.1) is 39.9 Å². The number of carbonyl (C=O) groups excluding carboxylic acids is 1. The molecule has 0 rings (SSSR count). The lowest BCUT2D eigenvalue weighted by molar-refractivity contribution is -0.870.